The average Bonchev–Trinajstić information content (AvgIpc) is 3.24. The molecule has 1 aromatic carbocycles. The highest BCUT2D eigenvalue weighted by atomic mass is 16.6. The topological polar surface area (TPSA) is 89.8 Å². The second-order valence-electron chi connectivity index (χ2n) is 7.07. The Morgan fingerprint density at radius 3 is 2.15 bits per heavy atom. The predicted molar refractivity (Wildman–Crippen MR) is 93.6 cm³/mol. The number of non-ortho nitro benzene ring substituents is 1. The van der Waals surface area contributed by atoms with Crippen LogP contribution in [0.3, 0.4) is 0 Å². The zero-order valence-corrected chi connectivity index (χ0v) is 14.6. The number of amides is 2. The van der Waals surface area contributed by atoms with Crippen LogP contribution in [-0.2, 0) is 9.59 Å². The summed E-state index contributed by atoms with van der Waals surface area (Å²) >= 11 is 0. The minimum absolute atomic E-state index is 0.0684. The van der Waals surface area contributed by atoms with E-state index >= 15 is 0 Å². The Kier molecular flexibility index (Phi) is 3.50. The number of rotatable bonds is 3. The predicted octanol–water partition coefficient (Wildman–Crippen LogP) is 2.86. The Labute approximate surface area is 150 Å². The van der Waals surface area contributed by atoms with Gasteiger partial charge >= 0.3 is 0 Å². The van der Waals surface area contributed by atoms with Crippen molar-refractivity contribution in [2.45, 2.75) is 13.8 Å². The number of benzene rings is 1. The van der Waals surface area contributed by atoms with Gasteiger partial charge in [-0.1, -0.05) is 23.3 Å². The molecule has 4 rings (SSSR count). The quantitative estimate of drug-likeness (QED) is 0.360. The smallest absolute Gasteiger partial charge is 0.271 e. The number of anilines is 1. The number of nitro groups is 1. The Morgan fingerprint density at radius 2 is 1.69 bits per heavy atom. The van der Waals surface area contributed by atoms with Crippen LogP contribution in [0.5, 0.6) is 5.75 Å². The Bertz CT molecular complexity index is 879. The third kappa shape index (κ3) is 2.00. The molecule has 4 atom stereocenters. The first-order chi connectivity index (χ1) is 12.4. The molecule has 7 heteroatoms. The first-order valence-electron chi connectivity index (χ1n) is 8.42. The van der Waals surface area contributed by atoms with Gasteiger partial charge in [0.05, 0.1) is 23.9 Å². The molecule has 2 aliphatic carbocycles. The van der Waals surface area contributed by atoms with Crippen molar-refractivity contribution in [1.29, 1.82) is 0 Å². The molecular weight excluding hydrogens is 336 g/mol. The average molecular weight is 354 g/mol. The van der Waals surface area contributed by atoms with Crippen molar-refractivity contribution < 1.29 is 19.2 Å². The molecule has 0 N–H and O–H groups in total. The number of nitrogens with zero attached hydrogens (tertiary/aromatic N) is 2. The molecule has 1 saturated heterocycles. The standard InChI is InChI=1S/C19H18N2O5/c1-9(2)15-11-5-6-12(15)17-16(11)18(22)20(19(17)23)13-8-10(21(24)25)4-7-14(13)26-3/h4-8,11-12,16-17H,1-3H3/t11-,12+,16-,17+. The first kappa shape index (κ1) is 16.5. The molecule has 1 heterocycles. The van der Waals surface area contributed by atoms with Crippen molar-refractivity contribution >= 4 is 23.2 Å². The van der Waals surface area contributed by atoms with Crippen LogP contribution in [0.1, 0.15) is 13.8 Å². The summed E-state index contributed by atoms with van der Waals surface area (Å²) in [4.78, 5) is 37.9. The van der Waals surface area contributed by atoms with E-state index in [2.05, 4.69) is 0 Å². The third-order valence-electron chi connectivity index (χ3n) is 5.61. The molecule has 3 aliphatic rings. The lowest BCUT2D eigenvalue weighted by Crippen LogP contribution is -2.33. The summed E-state index contributed by atoms with van der Waals surface area (Å²) < 4.78 is 5.25. The first-order valence-corrected chi connectivity index (χ1v) is 8.42. The molecule has 2 bridgehead atoms. The van der Waals surface area contributed by atoms with E-state index < -0.39 is 16.8 Å². The molecule has 2 fully saturated rings. The Morgan fingerprint density at radius 1 is 1.12 bits per heavy atom. The molecule has 7 nitrogen and oxygen atoms in total. The van der Waals surface area contributed by atoms with E-state index in [4.69, 9.17) is 4.74 Å². The van der Waals surface area contributed by atoms with E-state index in [9.17, 15) is 19.7 Å². The molecule has 0 unspecified atom stereocenters. The lowest BCUT2D eigenvalue weighted by molar-refractivity contribution is -0.384. The number of fused-ring (bicyclic) bond motifs is 5. The van der Waals surface area contributed by atoms with Gasteiger partial charge in [0.2, 0.25) is 11.8 Å². The third-order valence-corrected chi connectivity index (χ3v) is 5.61. The van der Waals surface area contributed by atoms with Crippen LogP contribution >= 0.6 is 0 Å². The Balaban J connectivity index is 1.80. The number of ether oxygens (including phenoxy) is 1. The molecular formula is C19H18N2O5. The van der Waals surface area contributed by atoms with Crippen LogP contribution in [0, 0.1) is 33.8 Å². The van der Waals surface area contributed by atoms with Crippen molar-refractivity contribution in [3.05, 3.63) is 51.6 Å². The van der Waals surface area contributed by atoms with E-state index in [1.165, 1.54) is 25.3 Å². The molecule has 1 aliphatic heterocycles. The van der Waals surface area contributed by atoms with Crippen molar-refractivity contribution in [2.75, 3.05) is 12.0 Å². The number of nitro benzene ring substituents is 1. The zero-order valence-electron chi connectivity index (χ0n) is 14.6. The van der Waals surface area contributed by atoms with E-state index in [0.29, 0.717) is 0 Å². The van der Waals surface area contributed by atoms with Gasteiger partial charge in [0.15, 0.2) is 0 Å². The second kappa shape index (κ2) is 5.52. The highest BCUT2D eigenvalue weighted by molar-refractivity contribution is 6.24. The lowest BCUT2D eigenvalue weighted by Gasteiger charge is -2.21. The summed E-state index contributed by atoms with van der Waals surface area (Å²) in [6, 6.07) is 3.93. The van der Waals surface area contributed by atoms with Gasteiger partial charge in [0.25, 0.3) is 5.69 Å². The molecule has 0 spiro atoms. The lowest BCUT2D eigenvalue weighted by atomic mass is 9.85. The number of allylic oxidation sites excluding steroid dienone is 4. The largest absolute Gasteiger partial charge is 0.495 e. The monoisotopic (exact) mass is 354 g/mol. The van der Waals surface area contributed by atoms with Gasteiger partial charge in [0.1, 0.15) is 11.4 Å². The Hall–Kier alpha value is -2.96. The summed E-state index contributed by atoms with van der Waals surface area (Å²) in [6.45, 7) is 4.00. The number of carbonyl (C=O) groups excluding carboxylic acids is 2. The summed E-state index contributed by atoms with van der Waals surface area (Å²) in [6.07, 6.45) is 4.01. The van der Waals surface area contributed by atoms with Gasteiger partial charge < -0.3 is 4.74 Å². The van der Waals surface area contributed by atoms with Gasteiger partial charge in [-0.15, -0.1) is 0 Å². The van der Waals surface area contributed by atoms with Crippen molar-refractivity contribution in [2.24, 2.45) is 23.7 Å². The van der Waals surface area contributed by atoms with Gasteiger partial charge in [-0.3, -0.25) is 19.7 Å². The zero-order chi connectivity index (χ0) is 18.7. The van der Waals surface area contributed by atoms with Crippen molar-refractivity contribution in [3.63, 3.8) is 0 Å². The van der Waals surface area contributed by atoms with E-state index in [-0.39, 0.29) is 40.8 Å². The SMILES string of the molecule is COc1ccc([N+](=O)[O-])cc1N1C(=O)[C@@H]2[C@H](C1=O)[C@@H]1C=C[C@H]2C1=C(C)C. The maximum atomic E-state index is 13.1. The molecule has 1 aromatic rings. The van der Waals surface area contributed by atoms with E-state index in [1.807, 2.05) is 26.0 Å². The van der Waals surface area contributed by atoms with Crippen LogP contribution in [0.15, 0.2) is 41.5 Å². The highest BCUT2D eigenvalue weighted by Gasteiger charge is 2.62. The molecule has 0 radical (unpaired) electrons. The molecule has 134 valence electrons. The summed E-state index contributed by atoms with van der Waals surface area (Å²) in [5.41, 5.74) is 2.25. The maximum Gasteiger partial charge on any atom is 0.271 e. The summed E-state index contributed by atoms with van der Waals surface area (Å²) in [7, 11) is 1.41. The van der Waals surface area contributed by atoms with Crippen molar-refractivity contribution in [3.8, 4) is 5.75 Å². The fourth-order valence-electron chi connectivity index (χ4n) is 4.63. The second-order valence-corrected chi connectivity index (χ2v) is 7.07. The molecule has 26 heavy (non-hydrogen) atoms. The van der Waals surface area contributed by atoms with Crippen LogP contribution < -0.4 is 9.64 Å². The minimum atomic E-state index is -0.554. The summed E-state index contributed by atoms with van der Waals surface area (Å²) in [5.74, 6) is -1.37. The maximum absolute atomic E-state index is 13.1. The van der Waals surface area contributed by atoms with E-state index in [0.717, 1.165) is 16.0 Å². The van der Waals surface area contributed by atoms with Crippen LogP contribution in [0.4, 0.5) is 11.4 Å². The van der Waals surface area contributed by atoms with E-state index in [1.54, 1.807) is 0 Å². The molecule has 1 saturated carbocycles. The molecule has 2 amide bonds. The number of hydrogen-bond donors (Lipinski definition) is 0. The summed E-state index contributed by atoms with van der Waals surface area (Å²) in [5, 5.41) is 11.1. The number of imide groups is 1. The van der Waals surface area contributed by atoms with Crippen LogP contribution in [0.25, 0.3) is 0 Å². The van der Waals surface area contributed by atoms with Crippen LogP contribution in [-0.4, -0.2) is 23.8 Å². The number of hydrogen-bond acceptors (Lipinski definition) is 5. The number of methoxy groups -OCH3 is 1. The minimum Gasteiger partial charge on any atom is -0.495 e. The normalized spacial score (nSPS) is 28.7. The van der Waals surface area contributed by atoms with Gasteiger partial charge in [-0.2, -0.15) is 0 Å². The fourth-order valence-corrected chi connectivity index (χ4v) is 4.63. The van der Waals surface area contributed by atoms with Crippen molar-refractivity contribution in [1.82, 2.24) is 0 Å². The molecule has 0 aromatic heterocycles. The van der Waals surface area contributed by atoms with Gasteiger partial charge in [-0.25, -0.2) is 4.90 Å². The number of carbonyl (C=O) groups is 2. The highest BCUT2D eigenvalue weighted by Crippen LogP contribution is 2.57. The van der Waals surface area contributed by atoms with Gasteiger partial charge in [-0.05, 0) is 19.9 Å². The van der Waals surface area contributed by atoms with Crippen LogP contribution in [0.2, 0.25) is 0 Å². The fraction of sp³-hybridized carbons (Fsp3) is 0.368. The van der Waals surface area contributed by atoms with Gasteiger partial charge in [0, 0.05) is 24.0 Å².